The van der Waals surface area contributed by atoms with Crippen LogP contribution in [0.1, 0.15) is 19.7 Å². The van der Waals surface area contributed by atoms with E-state index in [1.165, 1.54) is 0 Å². The van der Waals surface area contributed by atoms with Gasteiger partial charge < -0.3 is 5.32 Å². The smallest absolute Gasteiger partial charge is 0.170 e. The Hall–Kier alpha value is -0.690. The van der Waals surface area contributed by atoms with Crippen LogP contribution in [0.3, 0.4) is 0 Å². The van der Waals surface area contributed by atoms with Crippen LogP contribution in [-0.2, 0) is 6.54 Å². The van der Waals surface area contributed by atoms with Crippen molar-refractivity contribution >= 4 is 39.1 Å². The second-order valence-electron chi connectivity index (χ2n) is 4.73. The Morgan fingerprint density at radius 2 is 2.05 bits per heavy atom. The maximum Gasteiger partial charge on any atom is 0.170 e. The minimum Gasteiger partial charge on any atom is -0.310 e. The Morgan fingerprint density at radius 3 is 2.75 bits per heavy atom. The van der Waals surface area contributed by atoms with Crippen molar-refractivity contribution < 1.29 is 0 Å². The third kappa shape index (κ3) is 3.49. The Kier molecular flexibility index (Phi) is 5.37. The molecule has 0 spiro atoms. The molecule has 0 unspecified atom stereocenters. The summed E-state index contributed by atoms with van der Waals surface area (Å²) in [6.07, 6.45) is 0. The lowest BCUT2D eigenvalue weighted by molar-refractivity contribution is 0.538. The topological polar surface area (TPSA) is 55.6 Å². The van der Waals surface area contributed by atoms with Gasteiger partial charge in [0, 0.05) is 4.47 Å². The highest BCUT2D eigenvalue weighted by atomic mass is 79.9. The summed E-state index contributed by atoms with van der Waals surface area (Å²) in [5.41, 5.74) is 0.659. The molecule has 8 heteroatoms. The summed E-state index contributed by atoms with van der Waals surface area (Å²) in [6.45, 7) is 5.74. The molecule has 1 heterocycles. The molecule has 0 aliphatic carbocycles. The summed E-state index contributed by atoms with van der Waals surface area (Å²) < 4.78 is 2.33. The predicted molar refractivity (Wildman–Crippen MR) is 83.4 cm³/mol. The van der Waals surface area contributed by atoms with Gasteiger partial charge in [-0.15, -0.1) is 5.10 Å². The number of nitrogens with one attached hydrogen (secondary N) is 1. The lowest BCUT2D eigenvalue weighted by atomic mass is 10.2. The van der Waals surface area contributed by atoms with Gasteiger partial charge in [-0.1, -0.05) is 37.0 Å². The zero-order valence-electron chi connectivity index (χ0n) is 11.1. The largest absolute Gasteiger partial charge is 0.310 e. The van der Waals surface area contributed by atoms with Crippen molar-refractivity contribution in [2.45, 2.75) is 20.4 Å². The molecule has 108 valence electrons. The van der Waals surface area contributed by atoms with Gasteiger partial charge in [-0.05, 0) is 51.0 Å². The first-order valence-electron chi connectivity index (χ1n) is 6.12. The zero-order chi connectivity index (χ0) is 14.7. The standard InChI is InChI=1S/C12H14BrCl2N5/c1-7(2)5-16-6-10-17-18-19-20(10)9-4-3-8(13)11(14)12(9)15/h3-4,7,16H,5-6H2,1-2H3. The van der Waals surface area contributed by atoms with Gasteiger partial charge in [0.15, 0.2) is 5.82 Å². The number of halogens is 3. The van der Waals surface area contributed by atoms with Crippen molar-refractivity contribution in [1.82, 2.24) is 25.5 Å². The van der Waals surface area contributed by atoms with Gasteiger partial charge in [0.05, 0.1) is 22.3 Å². The van der Waals surface area contributed by atoms with E-state index in [0.717, 1.165) is 11.0 Å². The second kappa shape index (κ2) is 6.85. The average molecular weight is 379 g/mol. The van der Waals surface area contributed by atoms with Crippen LogP contribution in [0.15, 0.2) is 16.6 Å². The Balaban J connectivity index is 2.26. The molecule has 0 saturated carbocycles. The molecule has 1 aromatic carbocycles. The number of tetrazole rings is 1. The lowest BCUT2D eigenvalue weighted by Gasteiger charge is -2.10. The average Bonchev–Trinajstić information content (AvgIpc) is 2.84. The number of hydrogen-bond donors (Lipinski definition) is 1. The molecule has 1 N–H and O–H groups in total. The number of benzene rings is 1. The van der Waals surface area contributed by atoms with Gasteiger partial charge >= 0.3 is 0 Å². The van der Waals surface area contributed by atoms with E-state index in [0.29, 0.717) is 34.0 Å². The summed E-state index contributed by atoms with van der Waals surface area (Å²) in [4.78, 5) is 0. The van der Waals surface area contributed by atoms with Gasteiger partial charge in [0.25, 0.3) is 0 Å². The number of aromatic nitrogens is 4. The highest BCUT2D eigenvalue weighted by molar-refractivity contribution is 9.10. The maximum atomic E-state index is 6.25. The molecule has 0 fully saturated rings. The first-order chi connectivity index (χ1) is 9.50. The van der Waals surface area contributed by atoms with Crippen LogP contribution < -0.4 is 5.32 Å². The minimum absolute atomic E-state index is 0.415. The second-order valence-corrected chi connectivity index (χ2v) is 6.34. The number of rotatable bonds is 5. The van der Waals surface area contributed by atoms with Crippen molar-refractivity contribution in [1.29, 1.82) is 0 Å². The molecule has 2 rings (SSSR count). The molecule has 0 saturated heterocycles. The van der Waals surface area contributed by atoms with Crippen LogP contribution in [0.2, 0.25) is 10.0 Å². The SMILES string of the molecule is CC(C)CNCc1nnnn1-c1ccc(Br)c(Cl)c1Cl. The van der Waals surface area contributed by atoms with E-state index >= 15 is 0 Å². The predicted octanol–water partition coefficient (Wildman–Crippen LogP) is 3.48. The summed E-state index contributed by atoms with van der Waals surface area (Å²) in [5, 5.41) is 15.8. The highest BCUT2D eigenvalue weighted by Crippen LogP contribution is 2.34. The van der Waals surface area contributed by atoms with Crippen LogP contribution in [0.25, 0.3) is 5.69 Å². The van der Waals surface area contributed by atoms with Crippen LogP contribution in [-0.4, -0.2) is 26.8 Å². The lowest BCUT2D eigenvalue weighted by Crippen LogP contribution is -2.21. The summed E-state index contributed by atoms with van der Waals surface area (Å²) >= 11 is 15.7. The van der Waals surface area contributed by atoms with E-state index in [-0.39, 0.29) is 0 Å². The van der Waals surface area contributed by atoms with E-state index in [2.05, 4.69) is 50.6 Å². The quantitative estimate of drug-likeness (QED) is 0.809. The van der Waals surface area contributed by atoms with E-state index in [1.54, 1.807) is 4.68 Å². The molecule has 0 bridgehead atoms. The van der Waals surface area contributed by atoms with Gasteiger partial charge in [0.1, 0.15) is 0 Å². The summed E-state index contributed by atoms with van der Waals surface area (Å²) in [7, 11) is 0. The molecule has 0 aliphatic heterocycles. The molecular weight excluding hydrogens is 365 g/mol. The number of hydrogen-bond acceptors (Lipinski definition) is 4. The van der Waals surface area contributed by atoms with Crippen molar-refractivity contribution in [2.75, 3.05) is 6.54 Å². The first-order valence-corrected chi connectivity index (χ1v) is 7.67. The molecule has 1 aromatic heterocycles. The van der Waals surface area contributed by atoms with Gasteiger partial charge in [-0.3, -0.25) is 0 Å². The minimum atomic E-state index is 0.415. The van der Waals surface area contributed by atoms with Crippen molar-refractivity contribution in [2.24, 2.45) is 5.92 Å². The third-order valence-electron chi connectivity index (χ3n) is 2.61. The fourth-order valence-electron chi connectivity index (χ4n) is 1.66. The van der Waals surface area contributed by atoms with Gasteiger partial charge in [-0.25, -0.2) is 0 Å². The van der Waals surface area contributed by atoms with E-state index in [9.17, 15) is 0 Å². The fourth-order valence-corrected chi connectivity index (χ4v) is 2.50. The Bertz CT molecular complexity index is 600. The molecule has 0 aliphatic rings. The molecular formula is C12H14BrCl2N5. The van der Waals surface area contributed by atoms with E-state index in [4.69, 9.17) is 23.2 Å². The first kappa shape index (κ1) is 15.7. The van der Waals surface area contributed by atoms with Gasteiger partial charge in [0.2, 0.25) is 0 Å². The van der Waals surface area contributed by atoms with Gasteiger partial charge in [-0.2, -0.15) is 4.68 Å². The molecule has 5 nitrogen and oxygen atoms in total. The fraction of sp³-hybridized carbons (Fsp3) is 0.417. The molecule has 0 radical (unpaired) electrons. The van der Waals surface area contributed by atoms with Crippen molar-refractivity contribution in [3.63, 3.8) is 0 Å². The molecule has 0 amide bonds. The normalized spacial score (nSPS) is 11.3. The number of nitrogens with zero attached hydrogens (tertiary/aromatic N) is 4. The van der Waals surface area contributed by atoms with E-state index < -0.39 is 0 Å². The van der Waals surface area contributed by atoms with Crippen molar-refractivity contribution in [3.05, 3.63) is 32.5 Å². The van der Waals surface area contributed by atoms with E-state index in [1.807, 2.05) is 12.1 Å². The summed E-state index contributed by atoms with van der Waals surface area (Å²) in [5.74, 6) is 1.25. The maximum absolute atomic E-state index is 6.25. The van der Waals surface area contributed by atoms with Crippen LogP contribution in [0.5, 0.6) is 0 Å². The monoisotopic (exact) mass is 377 g/mol. The summed E-state index contributed by atoms with van der Waals surface area (Å²) in [6, 6.07) is 3.64. The third-order valence-corrected chi connectivity index (χ3v) is 4.37. The van der Waals surface area contributed by atoms with Crippen LogP contribution in [0.4, 0.5) is 0 Å². The Morgan fingerprint density at radius 1 is 1.30 bits per heavy atom. The molecule has 0 atom stereocenters. The van der Waals surface area contributed by atoms with Crippen LogP contribution in [0, 0.1) is 5.92 Å². The Labute approximate surface area is 135 Å². The van der Waals surface area contributed by atoms with Crippen molar-refractivity contribution in [3.8, 4) is 5.69 Å². The zero-order valence-corrected chi connectivity index (χ0v) is 14.2. The molecule has 20 heavy (non-hydrogen) atoms. The molecule has 2 aromatic rings. The highest BCUT2D eigenvalue weighted by Gasteiger charge is 2.15. The van der Waals surface area contributed by atoms with Crippen LogP contribution >= 0.6 is 39.1 Å².